The molecule has 2 unspecified atom stereocenters. The Morgan fingerprint density at radius 2 is 2.44 bits per heavy atom. The van der Waals surface area contributed by atoms with E-state index in [9.17, 15) is 0 Å². The molecule has 1 aliphatic rings. The Labute approximate surface area is 97.3 Å². The predicted octanol–water partition coefficient (Wildman–Crippen LogP) is 2.46. The molecule has 1 aromatic carbocycles. The average Bonchev–Trinajstić information content (AvgIpc) is 2.67. The molecule has 0 fully saturated rings. The molecule has 0 saturated carbocycles. The summed E-state index contributed by atoms with van der Waals surface area (Å²) in [7, 11) is 0. The Kier molecular flexibility index (Phi) is 3.30. The Morgan fingerprint density at radius 3 is 3.19 bits per heavy atom. The lowest BCUT2D eigenvalue weighted by Gasteiger charge is -2.14. The molecule has 2 nitrogen and oxygen atoms in total. The van der Waals surface area contributed by atoms with Crippen molar-refractivity contribution in [2.75, 3.05) is 6.54 Å². The van der Waals surface area contributed by atoms with Crippen LogP contribution in [0.4, 0.5) is 0 Å². The number of fused-ring (bicyclic) bond motifs is 1. The van der Waals surface area contributed by atoms with E-state index in [0.29, 0.717) is 6.04 Å². The second-order valence-electron chi connectivity index (χ2n) is 4.49. The minimum atomic E-state index is 0.263. The van der Waals surface area contributed by atoms with Gasteiger partial charge < -0.3 is 10.1 Å². The monoisotopic (exact) mass is 217 g/mol. The zero-order valence-electron chi connectivity index (χ0n) is 9.99. The van der Waals surface area contributed by atoms with Gasteiger partial charge in [-0.1, -0.05) is 23.8 Å². The number of hydrogen-bond acceptors (Lipinski definition) is 2. The van der Waals surface area contributed by atoms with Crippen LogP contribution in [-0.4, -0.2) is 18.7 Å². The minimum absolute atomic E-state index is 0.263. The Balaban J connectivity index is 1.93. The molecule has 1 aromatic rings. The minimum Gasteiger partial charge on any atom is -0.488 e. The highest BCUT2D eigenvalue weighted by molar-refractivity contribution is 5.40. The quantitative estimate of drug-likeness (QED) is 0.782. The summed E-state index contributed by atoms with van der Waals surface area (Å²) in [5.74, 6) is 1.05. The number of ether oxygens (including phenoxy) is 1. The first-order valence-corrected chi connectivity index (χ1v) is 5.81. The van der Waals surface area contributed by atoms with Crippen LogP contribution in [0.25, 0.3) is 0 Å². The third kappa shape index (κ3) is 2.45. The van der Waals surface area contributed by atoms with Crippen molar-refractivity contribution >= 4 is 0 Å². The summed E-state index contributed by atoms with van der Waals surface area (Å²) < 4.78 is 5.86. The van der Waals surface area contributed by atoms with E-state index in [1.807, 2.05) is 6.08 Å². The molecule has 0 radical (unpaired) electrons. The van der Waals surface area contributed by atoms with Gasteiger partial charge in [0.2, 0.25) is 0 Å². The van der Waals surface area contributed by atoms with Crippen LogP contribution in [0, 0.1) is 6.92 Å². The van der Waals surface area contributed by atoms with Gasteiger partial charge in [-0.05, 0) is 25.5 Å². The van der Waals surface area contributed by atoms with Crippen molar-refractivity contribution in [3.63, 3.8) is 0 Å². The molecule has 0 aliphatic carbocycles. The molecule has 86 valence electrons. The highest BCUT2D eigenvalue weighted by Gasteiger charge is 2.22. The van der Waals surface area contributed by atoms with Crippen LogP contribution in [0.1, 0.15) is 18.1 Å². The Bertz CT molecular complexity index is 386. The van der Waals surface area contributed by atoms with E-state index < -0.39 is 0 Å². The van der Waals surface area contributed by atoms with Crippen molar-refractivity contribution in [3.05, 3.63) is 42.0 Å². The lowest BCUT2D eigenvalue weighted by molar-refractivity contribution is 0.225. The summed E-state index contributed by atoms with van der Waals surface area (Å²) in [6, 6.07) is 6.73. The number of aryl methyl sites for hydroxylation is 1. The van der Waals surface area contributed by atoms with Crippen LogP contribution in [0.3, 0.4) is 0 Å². The molecular weight excluding hydrogens is 198 g/mol. The fourth-order valence-corrected chi connectivity index (χ4v) is 1.96. The largest absolute Gasteiger partial charge is 0.488 e. The molecular formula is C14H19NO. The first-order chi connectivity index (χ1) is 7.69. The third-order valence-corrected chi connectivity index (χ3v) is 2.98. The van der Waals surface area contributed by atoms with E-state index in [0.717, 1.165) is 18.7 Å². The van der Waals surface area contributed by atoms with Gasteiger partial charge in [-0.3, -0.25) is 0 Å². The van der Waals surface area contributed by atoms with Gasteiger partial charge >= 0.3 is 0 Å². The van der Waals surface area contributed by atoms with Gasteiger partial charge in [-0.2, -0.15) is 0 Å². The number of nitrogens with one attached hydrogen (secondary N) is 1. The second kappa shape index (κ2) is 4.71. The van der Waals surface area contributed by atoms with Gasteiger partial charge in [0.25, 0.3) is 0 Å². The zero-order valence-corrected chi connectivity index (χ0v) is 9.99. The predicted molar refractivity (Wildman–Crippen MR) is 67.0 cm³/mol. The van der Waals surface area contributed by atoms with E-state index >= 15 is 0 Å². The van der Waals surface area contributed by atoms with Crippen LogP contribution < -0.4 is 10.1 Å². The van der Waals surface area contributed by atoms with E-state index in [-0.39, 0.29) is 6.10 Å². The molecule has 2 rings (SSSR count). The molecule has 0 saturated heterocycles. The highest BCUT2D eigenvalue weighted by Crippen LogP contribution is 2.29. The van der Waals surface area contributed by atoms with Crippen LogP contribution in [0.15, 0.2) is 30.9 Å². The van der Waals surface area contributed by atoms with Crippen LogP contribution in [-0.2, 0) is 6.42 Å². The molecule has 1 aliphatic heterocycles. The Morgan fingerprint density at radius 1 is 1.62 bits per heavy atom. The van der Waals surface area contributed by atoms with Crippen molar-refractivity contribution in [1.29, 1.82) is 0 Å². The molecule has 2 heteroatoms. The molecule has 16 heavy (non-hydrogen) atoms. The van der Waals surface area contributed by atoms with Crippen molar-refractivity contribution in [2.24, 2.45) is 0 Å². The fourth-order valence-electron chi connectivity index (χ4n) is 1.96. The maximum absolute atomic E-state index is 5.86. The first kappa shape index (κ1) is 11.2. The van der Waals surface area contributed by atoms with E-state index in [2.05, 4.69) is 43.9 Å². The van der Waals surface area contributed by atoms with E-state index in [1.54, 1.807) is 0 Å². The van der Waals surface area contributed by atoms with Gasteiger partial charge in [-0.25, -0.2) is 0 Å². The zero-order chi connectivity index (χ0) is 11.5. The summed E-state index contributed by atoms with van der Waals surface area (Å²) in [6.07, 6.45) is 3.18. The van der Waals surface area contributed by atoms with E-state index in [4.69, 9.17) is 4.74 Å². The normalized spacial score (nSPS) is 20.0. The fraction of sp³-hybridized carbons (Fsp3) is 0.429. The SMILES string of the molecule is C=CC(C)NCC1Cc2cc(C)ccc2O1. The van der Waals surface area contributed by atoms with Crippen LogP contribution in [0.2, 0.25) is 0 Å². The molecule has 0 aromatic heterocycles. The van der Waals surface area contributed by atoms with Gasteiger partial charge in [-0.15, -0.1) is 6.58 Å². The molecule has 0 amide bonds. The second-order valence-corrected chi connectivity index (χ2v) is 4.49. The molecule has 2 atom stereocenters. The summed E-state index contributed by atoms with van der Waals surface area (Å²) in [6.45, 7) is 8.84. The smallest absolute Gasteiger partial charge is 0.123 e. The molecule has 1 N–H and O–H groups in total. The summed E-state index contributed by atoms with van der Waals surface area (Å²) in [4.78, 5) is 0. The summed E-state index contributed by atoms with van der Waals surface area (Å²) in [5.41, 5.74) is 2.63. The van der Waals surface area contributed by atoms with Crippen LogP contribution in [0.5, 0.6) is 5.75 Å². The van der Waals surface area contributed by atoms with Gasteiger partial charge in [0.15, 0.2) is 0 Å². The van der Waals surface area contributed by atoms with Gasteiger partial charge in [0, 0.05) is 19.0 Å². The molecule has 0 spiro atoms. The lowest BCUT2D eigenvalue weighted by Crippen LogP contribution is -2.34. The van der Waals surface area contributed by atoms with Crippen molar-refractivity contribution in [3.8, 4) is 5.75 Å². The number of rotatable bonds is 4. The number of hydrogen-bond donors (Lipinski definition) is 1. The summed E-state index contributed by atoms with van der Waals surface area (Å²) in [5, 5.41) is 3.38. The standard InChI is InChI=1S/C14H19NO/c1-4-11(3)15-9-13-8-12-7-10(2)5-6-14(12)16-13/h4-7,11,13,15H,1,8-9H2,2-3H3. The van der Waals surface area contributed by atoms with Gasteiger partial charge in [0.05, 0.1) is 0 Å². The molecule has 0 bridgehead atoms. The van der Waals surface area contributed by atoms with E-state index in [1.165, 1.54) is 11.1 Å². The van der Waals surface area contributed by atoms with Crippen molar-refractivity contribution < 1.29 is 4.74 Å². The van der Waals surface area contributed by atoms with Gasteiger partial charge in [0.1, 0.15) is 11.9 Å². The third-order valence-electron chi connectivity index (χ3n) is 2.98. The summed E-state index contributed by atoms with van der Waals surface area (Å²) >= 11 is 0. The maximum atomic E-state index is 5.86. The topological polar surface area (TPSA) is 21.3 Å². The van der Waals surface area contributed by atoms with Crippen molar-refractivity contribution in [1.82, 2.24) is 5.32 Å². The number of benzene rings is 1. The highest BCUT2D eigenvalue weighted by atomic mass is 16.5. The maximum Gasteiger partial charge on any atom is 0.123 e. The first-order valence-electron chi connectivity index (χ1n) is 5.81. The van der Waals surface area contributed by atoms with Crippen molar-refractivity contribution in [2.45, 2.75) is 32.4 Å². The molecule has 1 heterocycles. The van der Waals surface area contributed by atoms with Crippen LogP contribution >= 0.6 is 0 Å². The lowest BCUT2D eigenvalue weighted by atomic mass is 10.1. The average molecular weight is 217 g/mol. The Hall–Kier alpha value is -1.28.